The van der Waals surface area contributed by atoms with Gasteiger partial charge in [0.25, 0.3) is 5.91 Å². The number of thiophene rings is 1. The molecule has 0 radical (unpaired) electrons. The zero-order chi connectivity index (χ0) is 18.9. The van der Waals surface area contributed by atoms with Crippen molar-refractivity contribution in [2.24, 2.45) is 11.1 Å². The predicted molar refractivity (Wildman–Crippen MR) is 106 cm³/mol. The fraction of sp³-hybridized carbons (Fsp3) is 0.500. The average Bonchev–Trinajstić information content (AvgIpc) is 3.49. The number of likely N-dealkylation sites (tertiary alicyclic amines) is 1. The van der Waals surface area contributed by atoms with Gasteiger partial charge in [-0.25, -0.2) is 0 Å². The number of hydrogen-bond donors (Lipinski definition) is 0. The Morgan fingerprint density at radius 1 is 1.21 bits per heavy atom. The fourth-order valence-corrected chi connectivity index (χ4v) is 4.96. The number of nitrogens with zero attached hydrogens (tertiary/aromatic N) is 4. The van der Waals surface area contributed by atoms with E-state index in [0.717, 1.165) is 69.4 Å². The Hall–Kier alpha value is -2.32. The van der Waals surface area contributed by atoms with Gasteiger partial charge in [-0.2, -0.15) is 11.3 Å². The Balaban J connectivity index is 1.19. The molecule has 2 atom stereocenters. The lowest BCUT2D eigenvalue weighted by Crippen LogP contribution is -2.54. The number of fused-ring (bicyclic) bond motifs is 1. The molecular formula is C20H24N4O3S. The van der Waals surface area contributed by atoms with E-state index in [1.165, 1.54) is 0 Å². The number of piperazine rings is 1. The molecule has 0 aliphatic carbocycles. The second kappa shape index (κ2) is 7.60. The van der Waals surface area contributed by atoms with Crippen molar-refractivity contribution in [2.75, 3.05) is 39.3 Å². The van der Waals surface area contributed by atoms with Crippen LogP contribution < -0.4 is 0 Å². The summed E-state index contributed by atoms with van der Waals surface area (Å²) in [6.07, 6.45) is 2.88. The molecule has 3 aliphatic heterocycles. The molecule has 8 heteroatoms. The minimum absolute atomic E-state index is 0.130. The number of hydrogen-bond acceptors (Lipinski definition) is 7. The second-order valence-electron chi connectivity index (χ2n) is 7.59. The largest absolute Gasteiger partial charge is 0.468 e. The van der Waals surface area contributed by atoms with Crippen LogP contribution in [0.5, 0.6) is 0 Å². The van der Waals surface area contributed by atoms with Crippen molar-refractivity contribution in [3.8, 4) is 0 Å². The van der Waals surface area contributed by atoms with E-state index < -0.39 is 0 Å². The van der Waals surface area contributed by atoms with Gasteiger partial charge in [0.05, 0.1) is 24.3 Å². The van der Waals surface area contributed by atoms with E-state index >= 15 is 0 Å². The molecule has 2 aromatic heterocycles. The van der Waals surface area contributed by atoms with E-state index in [1.807, 2.05) is 33.9 Å². The summed E-state index contributed by atoms with van der Waals surface area (Å²) in [7, 11) is 0. The van der Waals surface area contributed by atoms with Crippen molar-refractivity contribution >= 4 is 23.1 Å². The summed E-state index contributed by atoms with van der Waals surface area (Å²) in [5.74, 6) is 2.47. The summed E-state index contributed by atoms with van der Waals surface area (Å²) in [5.41, 5.74) is 0.793. The molecule has 7 nitrogen and oxygen atoms in total. The highest BCUT2D eigenvalue weighted by molar-refractivity contribution is 7.08. The van der Waals surface area contributed by atoms with E-state index in [4.69, 9.17) is 9.25 Å². The summed E-state index contributed by atoms with van der Waals surface area (Å²) < 4.78 is 5.51. The molecular weight excluding hydrogens is 376 g/mol. The smallest absolute Gasteiger partial charge is 0.254 e. The maximum atomic E-state index is 12.6. The topological polar surface area (TPSA) is 61.5 Å². The summed E-state index contributed by atoms with van der Waals surface area (Å²) in [5, 5.41) is 8.32. The van der Waals surface area contributed by atoms with E-state index in [-0.39, 0.29) is 12.0 Å². The Morgan fingerprint density at radius 2 is 2.11 bits per heavy atom. The highest BCUT2D eigenvalue weighted by atomic mass is 32.1. The zero-order valence-electron chi connectivity index (χ0n) is 15.7. The van der Waals surface area contributed by atoms with Crippen LogP contribution >= 0.6 is 11.3 Å². The van der Waals surface area contributed by atoms with E-state index in [2.05, 4.69) is 15.0 Å². The van der Waals surface area contributed by atoms with Gasteiger partial charge in [-0.1, -0.05) is 5.16 Å². The normalized spacial score (nSPS) is 25.4. The number of furan rings is 1. The molecule has 5 heterocycles. The lowest BCUT2D eigenvalue weighted by Gasteiger charge is -2.39. The Morgan fingerprint density at radius 3 is 2.86 bits per heavy atom. The Kier molecular flexibility index (Phi) is 4.82. The number of amidine groups is 1. The molecule has 5 rings (SSSR count). The van der Waals surface area contributed by atoms with Crippen LogP contribution in [0.4, 0.5) is 0 Å². The van der Waals surface area contributed by atoms with Crippen molar-refractivity contribution in [1.82, 2.24) is 14.7 Å². The molecule has 0 saturated carbocycles. The maximum absolute atomic E-state index is 12.6. The zero-order valence-corrected chi connectivity index (χ0v) is 16.5. The van der Waals surface area contributed by atoms with Crippen LogP contribution in [0, 0.1) is 5.92 Å². The van der Waals surface area contributed by atoms with Crippen molar-refractivity contribution < 1.29 is 14.0 Å². The van der Waals surface area contributed by atoms with Gasteiger partial charge in [-0.3, -0.25) is 9.69 Å². The molecule has 2 fully saturated rings. The first-order valence-electron chi connectivity index (χ1n) is 9.83. The average molecular weight is 401 g/mol. The Bertz CT molecular complexity index is 828. The number of rotatable bonds is 3. The van der Waals surface area contributed by atoms with Crippen LogP contribution in [0.3, 0.4) is 0 Å². The van der Waals surface area contributed by atoms with Crippen LogP contribution in [0.15, 0.2) is 44.8 Å². The molecule has 0 aromatic carbocycles. The quantitative estimate of drug-likeness (QED) is 0.791. The van der Waals surface area contributed by atoms with Gasteiger partial charge in [-0.15, -0.1) is 0 Å². The van der Waals surface area contributed by atoms with Crippen molar-refractivity contribution in [2.45, 2.75) is 19.1 Å². The van der Waals surface area contributed by atoms with Crippen molar-refractivity contribution in [1.29, 1.82) is 0 Å². The minimum atomic E-state index is 0.130. The molecule has 3 aliphatic rings. The van der Waals surface area contributed by atoms with Gasteiger partial charge in [0.2, 0.25) is 0 Å². The first-order valence-corrected chi connectivity index (χ1v) is 10.8. The first kappa shape index (κ1) is 17.8. The standard InChI is InChI=1S/C20H24N4O3S/c25-20(15-4-11-28-14-15)24-8-6-23(7-9-24)19-17-13-22(5-3-18(17)27-21-19)12-16-2-1-10-26-16/h1-2,4,10-11,14,17-18H,3,5-9,12-13H2/t17-,18+/m0/s1. The van der Waals surface area contributed by atoms with E-state index in [1.54, 1.807) is 17.6 Å². The van der Waals surface area contributed by atoms with Crippen molar-refractivity contribution in [3.63, 3.8) is 0 Å². The highest BCUT2D eigenvalue weighted by Gasteiger charge is 2.42. The summed E-state index contributed by atoms with van der Waals surface area (Å²) in [6, 6.07) is 5.86. The summed E-state index contributed by atoms with van der Waals surface area (Å²) in [4.78, 5) is 25.0. The van der Waals surface area contributed by atoms with Crippen LogP contribution in [0.2, 0.25) is 0 Å². The fourth-order valence-electron chi connectivity index (χ4n) is 4.33. The number of carbonyl (C=O) groups is 1. The lowest BCUT2D eigenvalue weighted by molar-refractivity contribution is 0.0105. The first-order chi connectivity index (χ1) is 13.8. The third kappa shape index (κ3) is 3.42. The van der Waals surface area contributed by atoms with E-state index in [0.29, 0.717) is 5.92 Å². The van der Waals surface area contributed by atoms with Gasteiger partial charge < -0.3 is 19.1 Å². The number of piperidine rings is 1. The van der Waals surface area contributed by atoms with Gasteiger partial charge in [-0.05, 0) is 23.6 Å². The molecule has 2 saturated heterocycles. The van der Waals surface area contributed by atoms with Gasteiger partial charge >= 0.3 is 0 Å². The molecule has 28 heavy (non-hydrogen) atoms. The second-order valence-corrected chi connectivity index (χ2v) is 8.37. The van der Waals surface area contributed by atoms with Crippen LogP contribution in [0.25, 0.3) is 0 Å². The maximum Gasteiger partial charge on any atom is 0.254 e. The van der Waals surface area contributed by atoms with Crippen LogP contribution in [0.1, 0.15) is 22.5 Å². The van der Waals surface area contributed by atoms with Gasteiger partial charge in [0, 0.05) is 51.1 Å². The van der Waals surface area contributed by atoms with Crippen molar-refractivity contribution in [3.05, 3.63) is 46.5 Å². The molecule has 0 unspecified atom stereocenters. The molecule has 0 spiro atoms. The molecule has 1 amide bonds. The van der Waals surface area contributed by atoms with Gasteiger partial charge in [0.1, 0.15) is 11.9 Å². The molecule has 148 valence electrons. The third-order valence-corrected chi connectivity index (χ3v) is 6.55. The monoisotopic (exact) mass is 400 g/mol. The van der Waals surface area contributed by atoms with E-state index in [9.17, 15) is 4.79 Å². The van der Waals surface area contributed by atoms with Crippen LogP contribution in [-0.2, 0) is 11.4 Å². The number of amides is 1. The minimum Gasteiger partial charge on any atom is -0.468 e. The van der Waals surface area contributed by atoms with Crippen LogP contribution in [-0.4, -0.2) is 71.8 Å². The summed E-state index contributed by atoms with van der Waals surface area (Å²) >= 11 is 1.56. The molecule has 0 N–H and O–H groups in total. The molecule has 0 bridgehead atoms. The number of oxime groups is 1. The summed E-state index contributed by atoms with van der Waals surface area (Å²) in [6.45, 7) is 5.81. The third-order valence-electron chi connectivity index (χ3n) is 5.87. The highest BCUT2D eigenvalue weighted by Crippen LogP contribution is 2.30. The lowest BCUT2D eigenvalue weighted by atomic mass is 9.93. The molecule has 2 aromatic rings. The van der Waals surface area contributed by atoms with Gasteiger partial charge in [0.15, 0.2) is 5.84 Å². The SMILES string of the molecule is O=C(c1ccsc1)N1CCN(C2=NO[C@@H]3CCN(Cc4ccco4)C[C@H]23)CC1. The predicted octanol–water partition coefficient (Wildman–Crippen LogP) is 2.33. The Labute approximate surface area is 168 Å². The number of carbonyl (C=O) groups excluding carboxylic acids is 1.